The molecule has 58 heavy (non-hydrogen) atoms. The third-order valence-electron chi connectivity index (χ3n) is 9.36. The Kier molecular flexibility index (Phi) is 12.0. The molecule has 2 saturated heterocycles. The molecule has 0 saturated carbocycles. The van der Waals surface area contributed by atoms with Crippen molar-refractivity contribution in [3.05, 3.63) is 79.8 Å². The van der Waals surface area contributed by atoms with Crippen LogP contribution >= 0.6 is 45.9 Å². The molecule has 6 aromatic rings. The third kappa shape index (κ3) is 9.36. The van der Waals surface area contributed by atoms with Gasteiger partial charge in [-0.1, -0.05) is 0 Å². The summed E-state index contributed by atoms with van der Waals surface area (Å²) in [6.45, 7) is 18.9. The largest absolute Gasteiger partial charge is 0.467 e. The zero-order chi connectivity index (χ0) is 41.5. The number of nitrogens with one attached hydrogen (secondary N) is 2. The number of furan rings is 2. The van der Waals surface area contributed by atoms with Crippen molar-refractivity contribution < 1.29 is 27.9 Å². The second-order valence-corrected chi connectivity index (χ2v) is 19.0. The maximum absolute atomic E-state index is 13.3. The Labute approximate surface area is 354 Å². The molecule has 308 valence electrons. The van der Waals surface area contributed by atoms with Gasteiger partial charge in [0.05, 0.1) is 46.0 Å². The fourth-order valence-corrected chi connectivity index (χ4v) is 9.48. The summed E-state index contributed by atoms with van der Waals surface area (Å²) in [5.41, 5.74) is 2.55. The zero-order valence-corrected chi connectivity index (χ0v) is 36.7. The van der Waals surface area contributed by atoms with E-state index in [2.05, 4.69) is 37.5 Å². The minimum Gasteiger partial charge on any atom is -0.467 e. The quantitative estimate of drug-likeness (QED) is 0.140. The summed E-state index contributed by atoms with van der Waals surface area (Å²) in [6, 6.07) is 7.34. The average Bonchev–Trinajstić information content (AvgIpc) is 3.90. The number of nitrogens with zero attached hydrogens (tertiary/aromatic N) is 6. The van der Waals surface area contributed by atoms with Crippen molar-refractivity contribution in [2.45, 2.75) is 91.5 Å². The molecule has 0 bridgehead atoms. The Balaban J connectivity index is 0.000000197. The normalized spacial score (nSPS) is 14.8. The Morgan fingerprint density at radius 1 is 0.845 bits per heavy atom. The summed E-state index contributed by atoms with van der Waals surface area (Å²) in [5, 5.41) is 6.93. The van der Waals surface area contributed by atoms with Gasteiger partial charge in [0.2, 0.25) is 10.6 Å². The lowest BCUT2D eigenvalue weighted by Gasteiger charge is -2.39. The molecule has 0 radical (unpaired) electrons. The summed E-state index contributed by atoms with van der Waals surface area (Å²) >= 11 is 15.7. The summed E-state index contributed by atoms with van der Waals surface area (Å²) in [6.07, 6.45) is 2.32. The molecule has 8 heterocycles. The smallest absolute Gasteiger partial charge is 0.416 e. The van der Waals surface area contributed by atoms with Gasteiger partial charge in [-0.05, 0) is 114 Å². The van der Waals surface area contributed by atoms with Crippen LogP contribution in [0, 0.1) is 13.8 Å². The molecule has 8 rings (SSSR count). The topological polar surface area (TPSA) is 161 Å². The SMILES string of the molecule is Cc1c(C2CN(C(=O)OC(C)(C)C)C2)sc2c(N(Cc3ccco3)C(=O)OC(C)(C)C)nc(Cl)nc12.Cc1c(C2CNC2)sc2c(NCc3ccco3)nc(Cl)nc12. The Bertz CT molecular complexity index is 2410. The first-order chi connectivity index (χ1) is 27.4. The number of anilines is 2. The molecule has 0 aromatic carbocycles. The highest BCUT2D eigenvalue weighted by atomic mass is 35.5. The van der Waals surface area contributed by atoms with E-state index in [9.17, 15) is 9.59 Å². The molecule has 2 aliphatic heterocycles. The molecular formula is C40H46Cl2N8O6S2. The first kappa shape index (κ1) is 41.7. The number of hydrogen-bond acceptors (Lipinski definition) is 14. The number of rotatable bonds is 8. The van der Waals surface area contributed by atoms with Gasteiger partial charge in [-0.3, -0.25) is 4.90 Å². The van der Waals surface area contributed by atoms with Crippen LogP contribution in [0.1, 0.15) is 85.8 Å². The number of carbonyl (C=O) groups excluding carboxylic acids is 2. The van der Waals surface area contributed by atoms with E-state index < -0.39 is 17.3 Å². The van der Waals surface area contributed by atoms with Crippen molar-refractivity contribution >= 4 is 90.1 Å². The molecule has 0 spiro atoms. The predicted molar refractivity (Wildman–Crippen MR) is 228 cm³/mol. The molecule has 14 nitrogen and oxygen atoms in total. The van der Waals surface area contributed by atoms with Crippen LogP contribution in [0.2, 0.25) is 10.6 Å². The minimum atomic E-state index is -0.706. The number of halogens is 2. The van der Waals surface area contributed by atoms with Crippen LogP contribution < -0.4 is 15.5 Å². The van der Waals surface area contributed by atoms with Crippen molar-refractivity contribution in [3.63, 3.8) is 0 Å². The van der Waals surface area contributed by atoms with Crippen molar-refractivity contribution in [3.8, 4) is 0 Å². The lowest BCUT2D eigenvalue weighted by atomic mass is 9.96. The van der Waals surface area contributed by atoms with Crippen LogP contribution in [0.15, 0.2) is 45.6 Å². The van der Waals surface area contributed by atoms with E-state index in [0.717, 1.165) is 50.0 Å². The van der Waals surface area contributed by atoms with Crippen LogP contribution in [0.25, 0.3) is 20.4 Å². The molecule has 0 atom stereocenters. The fraction of sp³-hybridized carbons (Fsp3) is 0.450. The summed E-state index contributed by atoms with van der Waals surface area (Å²) in [5.74, 6) is 3.28. The van der Waals surface area contributed by atoms with E-state index in [-0.39, 0.29) is 29.1 Å². The lowest BCUT2D eigenvalue weighted by Crippen LogP contribution is -2.50. The standard InChI is InChI=1S/C25H31ClN4O5S.C15H15ClN4OS/c1-14-17-19(36-18(14)15-11-29(12-15)22(31)34-24(2,3)4)20(28-21(26)27-17)30(13-16-9-8-10-33-16)23(32)35-25(5,6)7;1-8-11-13(22-12(8)9-5-17-6-9)14(20-15(16)19-11)18-7-10-3-2-4-21-10/h8-10,15H,11-13H2,1-7H3;2-4,9,17H,5-7H2,1H3,(H,18,19,20). The van der Waals surface area contributed by atoms with Gasteiger partial charge in [0, 0.05) is 47.8 Å². The first-order valence-electron chi connectivity index (χ1n) is 18.8. The predicted octanol–water partition coefficient (Wildman–Crippen LogP) is 10.1. The van der Waals surface area contributed by atoms with E-state index in [1.54, 1.807) is 61.7 Å². The molecule has 18 heteroatoms. The van der Waals surface area contributed by atoms with Crippen LogP contribution in [-0.4, -0.2) is 74.4 Å². The minimum absolute atomic E-state index is 0.0296. The lowest BCUT2D eigenvalue weighted by molar-refractivity contribution is 0.00839. The van der Waals surface area contributed by atoms with Gasteiger partial charge >= 0.3 is 12.2 Å². The number of ether oxygens (including phenoxy) is 2. The Morgan fingerprint density at radius 3 is 1.98 bits per heavy atom. The van der Waals surface area contributed by atoms with Crippen molar-refractivity contribution in [1.82, 2.24) is 30.2 Å². The van der Waals surface area contributed by atoms with Gasteiger partial charge in [-0.25, -0.2) is 19.6 Å². The molecule has 6 aromatic heterocycles. The molecule has 2 aliphatic rings. The van der Waals surface area contributed by atoms with Gasteiger partial charge in [0.15, 0.2) is 5.82 Å². The second-order valence-electron chi connectivity index (χ2n) is 16.2. The van der Waals surface area contributed by atoms with Gasteiger partial charge in [0.25, 0.3) is 0 Å². The van der Waals surface area contributed by atoms with E-state index in [1.807, 2.05) is 39.8 Å². The number of thiophene rings is 2. The molecule has 2 N–H and O–H groups in total. The Hall–Kier alpha value is -4.48. The highest BCUT2D eigenvalue weighted by molar-refractivity contribution is 7.20. The highest BCUT2D eigenvalue weighted by Gasteiger charge is 2.38. The van der Waals surface area contributed by atoms with Crippen LogP contribution in [0.3, 0.4) is 0 Å². The summed E-state index contributed by atoms with van der Waals surface area (Å²) in [7, 11) is 0. The van der Waals surface area contributed by atoms with E-state index >= 15 is 0 Å². The average molecular weight is 870 g/mol. The van der Waals surface area contributed by atoms with E-state index in [0.29, 0.717) is 42.6 Å². The molecule has 2 amide bonds. The number of amides is 2. The van der Waals surface area contributed by atoms with Crippen LogP contribution in [-0.2, 0) is 22.6 Å². The van der Waals surface area contributed by atoms with E-state index in [4.69, 9.17) is 41.5 Å². The molecule has 2 fully saturated rings. The number of likely N-dealkylation sites (tertiary alicyclic amines) is 1. The van der Waals surface area contributed by atoms with Crippen LogP contribution in [0.4, 0.5) is 21.2 Å². The number of hydrogen-bond donors (Lipinski definition) is 2. The number of carbonyl (C=O) groups is 2. The third-order valence-corrected chi connectivity index (χ3v) is 12.6. The second kappa shape index (κ2) is 16.6. The summed E-state index contributed by atoms with van der Waals surface area (Å²) in [4.78, 5) is 48.9. The maximum Gasteiger partial charge on any atom is 0.416 e. The highest BCUT2D eigenvalue weighted by Crippen LogP contribution is 2.43. The van der Waals surface area contributed by atoms with Gasteiger partial charge < -0.3 is 33.8 Å². The van der Waals surface area contributed by atoms with Crippen LogP contribution in [0.5, 0.6) is 0 Å². The van der Waals surface area contributed by atoms with Gasteiger partial charge in [0.1, 0.15) is 28.5 Å². The number of aryl methyl sites for hydroxylation is 2. The number of aromatic nitrogens is 4. The molecule has 0 unspecified atom stereocenters. The van der Waals surface area contributed by atoms with Crippen molar-refractivity contribution in [2.24, 2.45) is 0 Å². The van der Waals surface area contributed by atoms with Gasteiger partial charge in [-0.15, -0.1) is 22.7 Å². The maximum atomic E-state index is 13.3. The fourth-order valence-electron chi connectivity index (χ4n) is 6.50. The Morgan fingerprint density at radius 2 is 1.41 bits per heavy atom. The van der Waals surface area contributed by atoms with Crippen molar-refractivity contribution in [2.75, 3.05) is 36.4 Å². The molecular weight excluding hydrogens is 824 g/mol. The van der Waals surface area contributed by atoms with E-state index in [1.165, 1.54) is 26.7 Å². The van der Waals surface area contributed by atoms with Gasteiger partial charge in [-0.2, -0.15) is 9.97 Å². The van der Waals surface area contributed by atoms with Crippen molar-refractivity contribution in [1.29, 1.82) is 0 Å². The summed E-state index contributed by atoms with van der Waals surface area (Å²) < 4.78 is 23.8. The zero-order valence-electron chi connectivity index (χ0n) is 33.6. The number of fused-ring (bicyclic) bond motifs is 2. The monoisotopic (exact) mass is 868 g/mol. The first-order valence-corrected chi connectivity index (χ1v) is 21.2. The molecule has 0 aliphatic carbocycles.